The molecule has 0 spiro atoms. The second kappa shape index (κ2) is 5.77. The van der Waals surface area contributed by atoms with E-state index in [1.165, 1.54) is 7.11 Å². The normalized spacial score (nSPS) is 9.07. The van der Waals surface area contributed by atoms with Crippen molar-refractivity contribution in [2.75, 3.05) is 7.11 Å². The molecule has 1 rings (SSSR count). The molecule has 0 unspecified atom stereocenters. The fraction of sp³-hybridized carbons (Fsp3) is 0.125. The van der Waals surface area contributed by atoms with Gasteiger partial charge < -0.3 is 14.6 Å². The zero-order valence-corrected chi connectivity index (χ0v) is 10.8. The molecule has 1 aromatic rings. The molecular weight excluding hydrogens is 221 g/mol. The smallest absolute Gasteiger partial charge is 0.545 e. The fourth-order valence-electron chi connectivity index (χ4n) is 0.863. The average Bonchev–Trinajstić information content (AvgIpc) is 2.02. The molecule has 70 valence electrons. The molecular formula is C8H5F2KO3. The molecule has 3 nitrogen and oxygen atoms in total. The van der Waals surface area contributed by atoms with Gasteiger partial charge >= 0.3 is 51.4 Å². The van der Waals surface area contributed by atoms with E-state index in [9.17, 15) is 18.7 Å². The summed E-state index contributed by atoms with van der Waals surface area (Å²) in [6.07, 6.45) is 0. The minimum Gasteiger partial charge on any atom is -0.545 e. The number of aromatic carboxylic acids is 1. The van der Waals surface area contributed by atoms with Crippen LogP contribution in [0.1, 0.15) is 10.4 Å². The average molecular weight is 226 g/mol. The van der Waals surface area contributed by atoms with Gasteiger partial charge in [0, 0.05) is 12.1 Å². The van der Waals surface area contributed by atoms with E-state index in [2.05, 4.69) is 4.74 Å². The Morgan fingerprint density at radius 1 is 1.36 bits per heavy atom. The Balaban J connectivity index is 0.00000169. The number of benzene rings is 1. The first-order valence-corrected chi connectivity index (χ1v) is 3.30. The first-order valence-electron chi connectivity index (χ1n) is 3.30. The molecule has 0 saturated heterocycles. The number of carbonyl (C=O) groups is 1. The summed E-state index contributed by atoms with van der Waals surface area (Å²) >= 11 is 0. The van der Waals surface area contributed by atoms with Crippen molar-refractivity contribution < 1.29 is 74.8 Å². The van der Waals surface area contributed by atoms with Crippen LogP contribution in [0.4, 0.5) is 8.78 Å². The van der Waals surface area contributed by atoms with E-state index in [4.69, 9.17) is 0 Å². The van der Waals surface area contributed by atoms with Crippen LogP contribution in [0, 0.1) is 11.6 Å². The Hall–Kier alpha value is -0.0136. The number of methoxy groups -OCH3 is 1. The molecule has 0 aliphatic heterocycles. The second-order valence-corrected chi connectivity index (χ2v) is 2.25. The predicted molar refractivity (Wildman–Crippen MR) is 37.2 cm³/mol. The molecule has 0 heterocycles. The van der Waals surface area contributed by atoms with Gasteiger partial charge in [-0.3, -0.25) is 0 Å². The summed E-state index contributed by atoms with van der Waals surface area (Å²) in [4.78, 5) is 10.2. The van der Waals surface area contributed by atoms with E-state index in [1.807, 2.05) is 0 Å². The Morgan fingerprint density at radius 2 is 1.79 bits per heavy atom. The maximum Gasteiger partial charge on any atom is 1.00 e. The molecule has 14 heavy (non-hydrogen) atoms. The Morgan fingerprint density at radius 3 is 2.07 bits per heavy atom. The molecule has 0 aliphatic carbocycles. The number of ether oxygens (including phenoxy) is 1. The first kappa shape index (κ1) is 14.0. The van der Waals surface area contributed by atoms with Crippen molar-refractivity contribution in [2.24, 2.45) is 0 Å². The van der Waals surface area contributed by atoms with Crippen molar-refractivity contribution in [2.45, 2.75) is 0 Å². The Labute approximate surface area is 121 Å². The Bertz CT molecular complexity index is 331. The van der Waals surface area contributed by atoms with Crippen LogP contribution >= 0.6 is 0 Å². The third kappa shape index (κ3) is 2.99. The molecule has 0 fully saturated rings. The van der Waals surface area contributed by atoms with Crippen LogP contribution in [0.3, 0.4) is 0 Å². The Kier molecular flexibility index (Phi) is 5.76. The minimum atomic E-state index is -1.89. The zero-order valence-electron chi connectivity index (χ0n) is 7.64. The summed E-state index contributed by atoms with van der Waals surface area (Å²) in [7, 11) is 1.22. The van der Waals surface area contributed by atoms with E-state index in [0.29, 0.717) is 0 Å². The zero-order chi connectivity index (χ0) is 10.0. The van der Waals surface area contributed by atoms with Crippen LogP contribution in [0.25, 0.3) is 0 Å². The van der Waals surface area contributed by atoms with Crippen molar-refractivity contribution in [3.63, 3.8) is 0 Å². The quantitative estimate of drug-likeness (QED) is 0.517. The monoisotopic (exact) mass is 226 g/mol. The number of hydrogen-bond donors (Lipinski definition) is 0. The van der Waals surface area contributed by atoms with E-state index < -0.39 is 23.2 Å². The maximum absolute atomic E-state index is 12.8. The topological polar surface area (TPSA) is 49.4 Å². The van der Waals surface area contributed by atoms with Crippen LogP contribution in [0.5, 0.6) is 5.75 Å². The number of carbonyl (C=O) groups excluding carboxylic acids is 1. The number of rotatable bonds is 2. The van der Waals surface area contributed by atoms with Gasteiger partial charge in [0.15, 0.2) is 0 Å². The van der Waals surface area contributed by atoms with E-state index in [0.717, 1.165) is 12.1 Å². The minimum absolute atomic E-state index is 0. The van der Waals surface area contributed by atoms with Gasteiger partial charge in [-0.25, -0.2) is 8.78 Å². The van der Waals surface area contributed by atoms with Gasteiger partial charge in [-0.1, -0.05) is 0 Å². The van der Waals surface area contributed by atoms with Crippen LogP contribution in [0.2, 0.25) is 0 Å². The molecule has 0 N–H and O–H groups in total. The standard InChI is InChI=1S/C8H6F2O3.K/c1-13-4-2-5(9)7(8(11)12)6(10)3-4;/h2-3H,1H3,(H,11,12);/q;+1/p-1. The van der Waals surface area contributed by atoms with E-state index in [1.54, 1.807) is 0 Å². The van der Waals surface area contributed by atoms with Gasteiger partial charge in [-0.05, 0) is 0 Å². The molecule has 1 aromatic carbocycles. The number of carboxylic acid groups (broad SMARTS) is 1. The third-order valence-electron chi connectivity index (χ3n) is 1.46. The summed E-state index contributed by atoms with van der Waals surface area (Å²) in [6, 6.07) is 1.54. The van der Waals surface area contributed by atoms with Gasteiger partial charge in [-0.2, -0.15) is 0 Å². The van der Waals surface area contributed by atoms with Gasteiger partial charge in [0.25, 0.3) is 0 Å². The maximum atomic E-state index is 12.8. The number of hydrogen-bond acceptors (Lipinski definition) is 3. The molecule has 6 heteroatoms. The van der Waals surface area contributed by atoms with Crippen molar-refractivity contribution in [1.82, 2.24) is 0 Å². The fourth-order valence-corrected chi connectivity index (χ4v) is 0.863. The summed E-state index contributed by atoms with van der Waals surface area (Å²) in [5.41, 5.74) is -1.08. The summed E-state index contributed by atoms with van der Waals surface area (Å²) < 4.78 is 30.1. The van der Waals surface area contributed by atoms with E-state index in [-0.39, 0.29) is 57.1 Å². The summed E-state index contributed by atoms with van der Waals surface area (Å²) in [5.74, 6) is -4.40. The largest absolute Gasteiger partial charge is 1.00 e. The molecule has 0 bridgehead atoms. The van der Waals surface area contributed by atoms with E-state index >= 15 is 0 Å². The van der Waals surface area contributed by atoms with Crippen molar-refractivity contribution >= 4 is 5.97 Å². The number of carboxylic acids is 1. The van der Waals surface area contributed by atoms with Crippen molar-refractivity contribution in [3.8, 4) is 5.75 Å². The number of halogens is 2. The van der Waals surface area contributed by atoms with Gasteiger partial charge in [0.1, 0.15) is 17.4 Å². The second-order valence-electron chi connectivity index (χ2n) is 2.25. The molecule has 0 radical (unpaired) electrons. The van der Waals surface area contributed by atoms with Gasteiger partial charge in [-0.15, -0.1) is 0 Å². The van der Waals surface area contributed by atoms with Crippen LogP contribution in [-0.4, -0.2) is 13.1 Å². The summed E-state index contributed by atoms with van der Waals surface area (Å²) in [6.45, 7) is 0. The van der Waals surface area contributed by atoms with Crippen LogP contribution in [-0.2, 0) is 0 Å². The van der Waals surface area contributed by atoms with Crippen LogP contribution in [0.15, 0.2) is 12.1 Å². The molecule has 0 aromatic heterocycles. The molecule has 0 saturated carbocycles. The molecule has 0 atom stereocenters. The SMILES string of the molecule is COc1cc(F)c(C(=O)[O-])c(F)c1.[K+]. The first-order chi connectivity index (χ1) is 6.06. The summed E-state index contributed by atoms with van der Waals surface area (Å²) in [5, 5.41) is 10.2. The van der Waals surface area contributed by atoms with Crippen molar-refractivity contribution in [3.05, 3.63) is 29.3 Å². The van der Waals surface area contributed by atoms with Gasteiger partial charge in [0.05, 0.1) is 18.6 Å². The molecule has 0 aliphatic rings. The van der Waals surface area contributed by atoms with Crippen molar-refractivity contribution in [1.29, 1.82) is 0 Å². The van der Waals surface area contributed by atoms with Crippen LogP contribution < -0.4 is 61.2 Å². The molecule has 0 amide bonds. The van der Waals surface area contributed by atoms with Gasteiger partial charge in [0.2, 0.25) is 0 Å². The predicted octanol–water partition coefficient (Wildman–Crippen LogP) is -2.66. The third-order valence-corrected chi connectivity index (χ3v) is 1.46.